The number of carbonyl (C=O) groups excluding carboxylic acids is 3. The van der Waals surface area contributed by atoms with E-state index in [1.165, 1.54) is 5.57 Å². The number of carboxylic acid groups (broad SMARTS) is 2. The molecule has 380 valence electrons. The second-order valence-electron chi connectivity index (χ2n) is 24.9. The Kier molecular flexibility index (Phi) is 15.7. The van der Waals surface area contributed by atoms with Crippen molar-refractivity contribution in [2.75, 3.05) is 33.7 Å². The number of carbonyl (C=O) groups is 5. The van der Waals surface area contributed by atoms with Gasteiger partial charge in [0.05, 0.1) is 23.7 Å². The minimum Gasteiger partial charge on any atom is -0.481 e. The van der Waals surface area contributed by atoms with Gasteiger partial charge in [0.1, 0.15) is 12.2 Å². The summed E-state index contributed by atoms with van der Waals surface area (Å²) in [5.74, 6) is -2.06. The van der Waals surface area contributed by atoms with E-state index in [1.54, 1.807) is 27.7 Å². The van der Waals surface area contributed by atoms with Crippen LogP contribution in [-0.4, -0.2) is 95.6 Å². The highest BCUT2D eigenvalue weighted by molar-refractivity contribution is 6.30. The molecule has 0 saturated heterocycles. The predicted octanol–water partition coefficient (Wildman–Crippen LogP) is 11.3. The van der Waals surface area contributed by atoms with Crippen molar-refractivity contribution in [1.82, 2.24) is 9.80 Å². The Balaban J connectivity index is 1.41. The Morgan fingerprint density at radius 3 is 2.03 bits per heavy atom. The number of hydrogen-bond donors (Lipinski definition) is 2. The van der Waals surface area contributed by atoms with Gasteiger partial charge in [0.25, 0.3) is 0 Å². The number of allylic oxidation sites excluding steroid dienone is 1. The highest BCUT2D eigenvalue weighted by Gasteiger charge is 2.74. The quantitative estimate of drug-likeness (QED) is 0.128. The monoisotopic (exact) mass is 965 g/mol. The standard InChI is InChI=1S/C56H85ClN2O9/c1-14-15-38-39-20-24-53(9)42(52(39,8)23-21-41(38)67-44(61)31-50(4,5)48(63)64)22-25-54(10)47-46(35(2)3)40(60)30-56(47,27-26-55(53,54)11)43(68-45(62)32-51(6,7)49(65)66)34-59(29-28-58(12)13)33-36-16-18-37(57)19-17-36/h16-19,35,38-39,41-43H,14-15,20-34H2,1-13H3,(H,63,64)(H,65,66)/t38-,39+,41+,42-,43+,52+,53-,54-,55+,56+/m1/s1. The molecule has 12 heteroatoms. The van der Waals surface area contributed by atoms with E-state index in [0.29, 0.717) is 42.9 Å². The van der Waals surface area contributed by atoms with Crippen molar-refractivity contribution in [3.8, 4) is 0 Å². The summed E-state index contributed by atoms with van der Waals surface area (Å²) in [6.45, 7) is 25.1. The summed E-state index contributed by atoms with van der Waals surface area (Å²) >= 11 is 6.33. The van der Waals surface area contributed by atoms with E-state index >= 15 is 0 Å². The molecule has 1 aromatic rings. The van der Waals surface area contributed by atoms with Crippen LogP contribution < -0.4 is 0 Å². The molecule has 6 rings (SSSR count). The SMILES string of the molecule is CCC[C@H]1[C@@H](OC(=O)CC(C)(C)C(=O)O)CC[C@]2(C)[C@H]3CC[C@]4(C)C5=C(C(C)C)C(=O)C[C@]5([C@H](CN(CCN(C)C)Cc5ccc(Cl)cc5)OC(=O)CC(C)(C)C(=O)O)CC[C@@]4(C)[C@]3(C)CC[C@@H]12. The number of likely N-dealkylation sites (N-methyl/N-ethyl adjacent to an activating group) is 1. The Bertz CT molecular complexity index is 2110. The molecule has 0 bridgehead atoms. The maximum atomic E-state index is 15.0. The first kappa shape index (κ1) is 54.1. The number of nitrogens with zero attached hydrogens (tertiary/aromatic N) is 2. The van der Waals surface area contributed by atoms with E-state index in [1.807, 2.05) is 38.4 Å². The van der Waals surface area contributed by atoms with Gasteiger partial charge in [0.15, 0.2) is 5.78 Å². The van der Waals surface area contributed by atoms with Gasteiger partial charge in [0, 0.05) is 43.0 Å². The molecular formula is C56H85ClN2O9. The number of Topliss-reactive ketones (excluding diaryl/α,β-unsaturated/α-hetero) is 1. The van der Waals surface area contributed by atoms with E-state index in [-0.39, 0.29) is 59.2 Å². The van der Waals surface area contributed by atoms with Crippen molar-refractivity contribution >= 4 is 41.3 Å². The summed E-state index contributed by atoms with van der Waals surface area (Å²) in [7, 11) is 4.08. The molecule has 0 spiro atoms. The molecule has 0 radical (unpaired) electrons. The zero-order valence-electron chi connectivity index (χ0n) is 43.8. The Morgan fingerprint density at radius 1 is 0.838 bits per heavy atom. The number of carboxylic acids is 2. The smallest absolute Gasteiger partial charge is 0.309 e. The first-order valence-electron chi connectivity index (χ1n) is 25.8. The van der Waals surface area contributed by atoms with Crippen LogP contribution in [0.3, 0.4) is 0 Å². The Labute approximate surface area is 412 Å². The van der Waals surface area contributed by atoms with Crippen molar-refractivity contribution in [3.63, 3.8) is 0 Å². The lowest BCUT2D eigenvalue weighted by Crippen LogP contribution is -2.68. The van der Waals surface area contributed by atoms with Crippen molar-refractivity contribution < 1.29 is 43.7 Å². The third-order valence-electron chi connectivity index (χ3n) is 19.2. The lowest BCUT2D eigenvalue weighted by molar-refractivity contribution is -0.242. The maximum Gasteiger partial charge on any atom is 0.309 e. The maximum absolute atomic E-state index is 15.0. The lowest BCUT2D eigenvalue weighted by Gasteiger charge is -2.74. The number of halogens is 1. The van der Waals surface area contributed by atoms with Crippen molar-refractivity contribution in [1.29, 1.82) is 0 Å². The third kappa shape index (κ3) is 9.73. The van der Waals surface area contributed by atoms with Crippen molar-refractivity contribution in [2.24, 2.45) is 61.6 Å². The predicted molar refractivity (Wildman–Crippen MR) is 266 cm³/mol. The van der Waals surface area contributed by atoms with Gasteiger partial charge in [-0.3, -0.25) is 28.9 Å². The lowest BCUT2D eigenvalue weighted by atomic mass is 9.30. The number of aliphatic carboxylic acids is 2. The van der Waals surface area contributed by atoms with Crippen LogP contribution in [0.2, 0.25) is 5.02 Å². The van der Waals surface area contributed by atoms with Crippen LogP contribution in [0.1, 0.15) is 165 Å². The summed E-state index contributed by atoms with van der Waals surface area (Å²) in [5, 5.41) is 20.5. The number of benzene rings is 1. The van der Waals surface area contributed by atoms with Gasteiger partial charge in [-0.15, -0.1) is 0 Å². The van der Waals surface area contributed by atoms with Gasteiger partial charge in [-0.1, -0.05) is 78.6 Å². The molecule has 0 aromatic heterocycles. The van der Waals surface area contributed by atoms with E-state index < -0.39 is 51.6 Å². The molecule has 11 nitrogen and oxygen atoms in total. The molecule has 68 heavy (non-hydrogen) atoms. The number of ether oxygens (including phenoxy) is 2. The fraction of sp³-hybridized carbons (Fsp3) is 0.768. The van der Waals surface area contributed by atoms with Crippen LogP contribution in [0.25, 0.3) is 0 Å². The summed E-state index contributed by atoms with van der Waals surface area (Å²) in [6, 6.07) is 7.82. The Morgan fingerprint density at radius 2 is 1.46 bits per heavy atom. The minimum absolute atomic E-state index is 0.0146. The summed E-state index contributed by atoms with van der Waals surface area (Å²) in [4.78, 5) is 71.5. The molecule has 1 aromatic carbocycles. The zero-order valence-corrected chi connectivity index (χ0v) is 44.6. The molecule has 10 atom stereocenters. The van der Waals surface area contributed by atoms with Gasteiger partial charge in [-0.05, 0) is 174 Å². The van der Waals surface area contributed by atoms with Gasteiger partial charge >= 0.3 is 23.9 Å². The summed E-state index contributed by atoms with van der Waals surface area (Å²) in [6.07, 6.45) is 7.84. The fourth-order valence-electron chi connectivity index (χ4n) is 15.1. The first-order chi connectivity index (χ1) is 31.5. The van der Waals surface area contributed by atoms with E-state index in [4.69, 9.17) is 21.1 Å². The van der Waals surface area contributed by atoms with Gasteiger partial charge in [-0.2, -0.15) is 0 Å². The van der Waals surface area contributed by atoms with Crippen LogP contribution in [0, 0.1) is 61.6 Å². The fourth-order valence-corrected chi connectivity index (χ4v) is 15.3. The number of esters is 2. The molecule has 5 aliphatic carbocycles. The van der Waals surface area contributed by atoms with Crippen LogP contribution >= 0.6 is 11.6 Å². The molecule has 0 amide bonds. The number of hydrogen-bond acceptors (Lipinski definition) is 9. The zero-order chi connectivity index (χ0) is 50.6. The average molecular weight is 966 g/mol. The van der Waals surface area contributed by atoms with E-state index in [9.17, 15) is 34.2 Å². The molecule has 0 aliphatic heterocycles. The van der Waals surface area contributed by atoms with Crippen molar-refractivity contribution in [3.05, 3.63) is 46.0 Å². The second-order valence-corrected chi connectivity index (χ2v) is 25.4. The van der Waals surface area contributed by atoms with Crippen LogP contribution in [0.15, 0.2) is 35.4 Å². The van der Waals surface area contributed by atoms with E-state index in [0.717, 1.165) is 75.5 Å². The van der Waals surface area contributed by atoms with E-state index in [2.05, 4.69) is 58.3 Å². The van der Waals surface area contributed by atoms with Gasteiger partial charge < -0.3 is 24.6 Å². The molecular weight excluding hydrogens is 880 g/mol. The second kappa shape index (κ2) is 19.7. The van der Waals surface area contributed by atoms with Crippen LogP contribution in [-0.2, 0) is 40.0 Å². The molecule has 0 heterocycles. The molecule has 2 N–H and O–H groups in total. The summed E-state index contributed by atoms with van der Waals surface area (Å²) in [5.41, 5.74) is -0.929. The number of ketones is 1. The van der Waals surface area contributed by atoms with Gasteiger partial charge in [0.2, 0.25) is 0 Å². The largest absolute Gasteiger partial charge is 0.481 e. The van der Waals surface area contributed by atoms with Gasteiger partial charge in [-0.25, -0.2) is 0 Å². The highest BCUT2D eigenvalue weighted by Crippen LogP contribution is 2.80. The molecule has 5 aliphatic rings. The minimum atomic E-state index is -1.34. The topological polar surface area (TPSA) is 151 Å². The molecule has 4 saturated carbocycles. The highest BCUT2D eigenvalue weighted by atomic mass is 35.5. The average Bonchev–Trinajstić information content (AvgIpc) is 3.56. The molecule has 4 fully saturated rings. The summed E-state index contributed by atoms with van der Waals surface area (Å²) < 4.78 is 13.1. The molecule has 0 unspecified atom stereocenters. The number of rotatable bonds is 19. The third-order valence-corrected chi connectivity index (χ3v) is 19.5. The Hall–Kier alpha value is -3.28. The van der Waals surface area contributed by atoms with Crippen molar-refractivity contribution in [2.45, 2.75) is 178 Å². The number of fused-ring (bicyclic) bond motifs is 7. The normalized spacial score (nSPS) is 33.2. The first-order valence-corrected chi connectivity index (χ1v) is 26.2. The van der Waals surface area contributed by atoms with Crippen LogP contribution in [0.4, 0.5) is 0 Å². The van der Waals surface area contributed by atoms with Crippen LogP contribution in [0.5, 0.6) is 0 Å².